The predicted molar refractivity (Wildman–Crippen MR) is 56.8 cm³/mol. The van der Waals surface area contributed by atoms with Crippen LogP contribution in [0.3, 0.4) is 0 Å². The SMILES string of the molecule is CSN(C)C(=O)c1cccc(C)c1. The summed E-state index contributed by atoms with van der Waals surface area (Å²) >= 11 is 1.42. The fourth-order valence-corrected chi connectivity index (χ4v) is 1.31. The molecular formula is C10H13NOS. The summed E-state index contributed by atoms with van der Waals surface area (Å²) in [5.74, 6) is 0.0520. The third kappa shape index (κ3) is 2.49. The van der Waals surface area contributed by atoms with Crippen LogP contribution in [0.5, 0.6) is 0 Å². The van der Waals surface area contributed by atoms with E-state index in [2.05, 4.69) is 0 Å². The molecular weight excluding hydrogens is 182 g/mol. The summed E-state index contributed by atoms with van der Waals surface area (Å²) in [5, 5.41) is 0. The first-order valence-electron chi connectivity index (χ1n) is 4.04. The molecule has 1 aromatic rings. The molecule has 0 atom stereocenters. The molecule has 1 rings (SSSR count). The Morgan fingerprint density at radius 1 is 1.46 bits per heavy atom. The lowest BCUT2D eigenvalue weighted by Crippen LogP contribution is -2.18. The van der Waals surface area contributed by atoms with Gasteiger partial charge in [0.15, 0.2) is 0 Å². The van der Waals surface area contributed by atoms with Gasteiger partial charge < -0.3 is 0 Å². The van der Waals surface area contributed by atoms with Crippen LogP contribution < -0.4 is 0 Å². The summed E-state index contributed by atoms with van der Waals surface area (Å²) in [5.41, 5.74) is 1.86. The van der Waals surface area contributed by atoms with E-state index in [0.29, 0.717) is 0 Å². The number of rotatable bonds is 2. The molecule has 0 aliphatic heterocycles. The second-order valence-electron chi connectivity index (χ2n) is 2.85. The normalized spacial score (nSPS) is 9.77. The fourth-order valence-electron chi connectivity index (χ4n) is 1.04. The minimum absolute atomic E-state index is 0.0520. The molecule has 0 unspecified atom stereocenters. The molecule has 1 aromatic carbocycles. The molecule has 70 valence electrons. The molecule has 0 radical (unpaired) electrons. The van der Waals surface area contributed by atoms with Gasteiger partial charge in [0, 0.05) is 18.9 Å². The summed E-state index contributed by atoms with van der Waals surface area (Å²) in [6, 6.07) is 7.61. The summed E-state index contributed by atoms with van der Waals surface area (Å²) in [6.07, 6.45) is 1.88. The molecule has 0 aliphatic rings. The predicted octanol–water partition coefficient (Wildman–Crippen LogP) is 2.35. The van der Waals surface area contributed by atoms with Crippen molar-refractivity contribution in [1.29, 1.82) is 0 Å². The Kier molecular flexibility index (Phi) is 3.37. The summed E-state index contributed by atoms with van der Waals surface area (Å²) in [7, 11) is 1.77. The highest BCUT2D eigenvalue weighted by Crippen LogP contribution is 2.10. The van der Waals surface area contributed by atoms with Gasteiger partial charge in [-0.2, -0.15) is 0 Å². The Bertz CT molecular complexity index is 312. The first-order chi connectivity index (χ1) is 6.15. The van der Waals surface area contributed by atoms with Gasteiger partial charge in [-0.05, 0) is 19.1 Å². The summed E-state index contributed by atoms with van der Waals surface area (Å²) < 4.78 is 1.62. The number of nitrogens with zero attached hydrogens (tertiary/aromatic N) is 1. The molecule has 0 bridgehead atoms. The van der Waals surface area contributed by atoms with Gasteiger partial charge in [0.2, 0.25) is 0 Å². The van der Waals surface area contributed by atoms with Crippen molar-refractivity contribution in [2.75, 3.05) is 13.3 Å². The molecule has 1 amide bonds. The van der Waals surface area contributed by atoms with Crippen LogP contribution in [0.1, 0.15) is 15.9 Å². The quantitative estimate of drug-likeness (QED) is 0.675. The lowest BCUT2D eigenvalue weighted by molar-refractivity contribution is 0.0892. The fraction of sp³-hybridized carbons (Fsp3) is 0.300. The van der Waals surface area contributed by atoms with Gasteiger partial charge >= 0.3 is 0 Å². The minimum Gasteiger partial charge on any atom is -0.286 e. The van der Waals surface area contributed by atoms with Crippen molar-refractivity contribution in [1.82, 2.24) is 4.31 Å². The minimum atomic E-state index is 0.0520. The first-order valence-corrected chi connectivity index (χ1v) is 5.22. The second kappa shape index (κ2) is 4.33. The van der Waals surface area contributed by atoms with Crippen LogP contribution in [0.25, 0.3) is 0 Å². The highest BCUT2D eigenvalue weighted by atomic mass is 32.2. The molecule has 3 heteroatoms. The van der Waals surface area contributed by atoms with Crippen molar-refractivity contribution in [2.45, 2.75) is 6.92 Å². The highest BCUT2D eigenvalue weighted by Gasteiger charge is 2.09. The van der Waals surface area contributed by atoms with E-state index in [0.717, 1.165) is 11.1 Å². The van der Waals surface area contributed by atoms with Crippen molar-refractivity contribution in [2.24, 2.45) is 0 Å². The van der Waals surface area contributed by atoms with Crippen LogP contribution in [0.15, 0.2) is 24.3 Å². The maximum atomic E-state index is 11.6. The number of benzene rings is 1. The van der Waals surface area contributed by atoms with Gasteiger partial charge in [-0.3, -0.25) is 9.10 Å². The van der Waals surface area contributed by atoms with E-state index >= 15 is 0 Å². The summed E-state index contributed by atoms with van der Waals surface area (Å²) in [4.78, 5) is 11.6. The van der Waals surface area contributed by atoms with Crippen molar-refractivity contribution in [3.63, 3.8) is 0 Å². The number of amides is 1. The number of aryl methyl sites for hydroxylation is 1. The lowest BCUT2D eigenvalue weighted by atomic mass is 10.1. The van der Waals surface area contributed by atoms with Crippen LogP contribution in [0, 0.1) is 6.92 Å². The number of hydrogen-bond acceptors (Lipinski definition) is 2. The van der Waals surface area contributed by atoms with E-state index in [1.165, 1.54) is 11.9 Å². The molecule has 0 saturated heterocycles. The molecule has 2 nitrogen and oxygen atoms in total. The van der Waals surface area contributed by atoms with Gasteiger partial charge in [-0.25, -0.2) is 0 Å². The van der Waals surface area contributed by atoms with Gasteiger partial charge in [-0.15, -0.1) is 0 Å². The molecule has 0 N–H and O–H groups in total. The Morgan fingerprint density at radius 2 is 2.15 bits per heavy atom. The third-order valence-electron chi connectivity index (χ3n) is 1.82. The van der Waals surface area contributed by atoms with Crippen LogP contribution >= 0.6 is 11.9 Å². The van der Waals surface area contributed by atoms with E-state index in [9.17, 15) is 4.79 Å². The van der Waals surface area contributed by atoms with E-state index < -0.39 is 0 Å². The van der Waals surface area contributed by atoms with Crippen LogP contribution in [-0.2, 0) is 0 Å². The molecule has 13 heavy (non-hydrogen) atoms. The third-order valence-corrected chi connectivity index (χ3v) is 2.54. The molecule has 0 aliphatic carbocycles. The Morgan fingerprint density at radius 3 is 2.69 bits per heavy atom. The van der Waals surface area contributed by atoms with Gasteiger partial charge in [0.05, 0.1) is 0 Å². The molecule has 0 saturated carbocycles. The molecule has 0 fully saturated rings. The van der Waals surface area contributed by atoms with Crippen molar-refractivity contribution in [3.8, 4) is 0 Å². The highest BCUT2D eigenvalue weighted by molar-refractivity contribution is 7.96. The largest absolute Gasteiger partial charge is 0.286 e. The van der Waals surface area contributed by atoms with Gasteiger partial charge in [0.1, 0.15) is 0 Å². The zero-order valence-corrected chi connectivity index (χ0v) is 8.89. The lowest BCUT2D eigenvalue weighted by Gasteiger charge is -2.12. The number of carbonyl (C=O) groups excluding carboxylic acids is 1. The number of carbonyl (C=O) groups is 1. The van der Waals surface area contributed by atoms with Gasteiger partial charge in [-0.1, -0.05) is 29.6 Å². The average molecular weight is 195 g/mol. The second-order valence-corrected chi connectivity index (χ2v) is 3.77. The zero-order valence-electron chi connectivity index (χ0n) is 8.07. The van der Waals surface area contributed by atoms with E-state index in [-0.39, 0.29) is 5.91 Å². The van der Waals surface area contributed by atoms with Gasteiger partial charge in [0.25, 0.3) is 5.91 Å². The van der Waals surface area contributed by atoms with E-state index in [4.69, 9.17) is 0 Å². The van der Waals surface area contributed by atoms with Crippen LogP contribution in [0.2, 0.25) is 0 Å². The average Bonchev–Trinajstić information content (AvgIpc) is 2.15. The standard InChI is InChI=1S/C10H13NOS/c1-8-5-4-6-9(7-8)10(12)11(2)13-3/h4-7H,1-3H3. The monoisotopic (exact) mass is 195 g/mol. The smallest absolute Gasteiger partial charge is 0.263 e. The van der Waals surface area contributed by atoms with Crippen molar-refractivity contribution < 1.29 is 4.79 Å². The maximum Gasteiger partial charge on any atom is 0.263 e. The zero-order chi connectivity index (χ0) is 9.84. The maximum absolute atomic E-state index is 11.6. The Balaban J connectivity index is 2.89. The number of hydrogen-bond donors (Lipinski definition) is 0. The van der Waals surface area contributed by atoms with Crippen LogP contribution in [-0.4, -0.2) is 23.5 Å². The van der Waals surface area contributed by atoms with Crippen molar-refractivity contribution in [3.05, 3.63) is 35.4 Å². The Hall–Kier alpha value is -0.960. The van der Waals surface area contributed by atoms with E-state index in [1.807, 2.05) is 37.4 Å². The Labute approximate surface area is 83.1 Å². The molecule has 0 spiro atoms. The summed E-state index contributed by atoms with van der Waals surface area (Å²) in [6.45, 7) is 1.98. The van der Waals surface area contributed by atoms with E-state index in [1.54, 1.807) is 11.4 Å². The van der Waals surface area contributed by atoms with Crippen molar-refractivity contribution >= 4 is 17.9 Å². The topological polar surface area (TPSA) is 20.3 Å². The van der Waals surface area contributed by atoms with Crippen LogP contribution in [0.4, 0.5) is 0 Å². The first kappa shape index (κ1) is 10.1. The molecule has 0 aromatic heterocycles. The molecule has 0 heterocycles.